The molecule has 3 aromatic carbocycles. The van der Waals surface area contributed by atoms with Crippen LogP contribution in [0.2, 0.25) is 0 Å². The Hall–Kier alpha value is -5.63. The minimum Gasteiger partial charge on any atom is -0.488 e. The number of likely N-dealkylation sites (tertiary alicyclic amines) is 2. The van der Waals surface area contributed by atoms with Crippen molar-refractivity contribution in [3.05, 3.63) is 65.9 Å². The predicted octanol–water partition coefficient (Wildman–Crippen LogP) is 7.65. The third-order valence-electron chi connectivity index (χ3n) is 12.1. The van der Waals surface area contributed by atoms with Crippen LogP contribution in [0, 0.1) is 17.8 Å². The van der Waals surface area contributed by atoms with E-state index in [0.717, 1.165) is 86.4 Å². The molecule has 5 aromatic rings. The molecule has 2 unspecified atom stereocenters. The molecule has 3 N–H and O–H groups in total. The van der Waals surface area contributed by atoms with Crippen molar-refractivity contribution in [1.82, 2.24) is 35.1 Å². The number of piperidine rings is 1. The standard InChI is InChI=1S/C44H51N7O7/c1-22(2)37(49-42(53)56-7)41(52)51-33-15-26(33)16-35(51)39-45-18-32(47-39)25-8-10-28-27(13-25)21-57-36-17-29-24(14-30(28)36)9-11-31-38(29)48-40(46-31)34-12-23(20-55-6)19-50(34)43(54)58-44(3,4)5/h8-11,13-14,17-18,22-23,26,33-35,37H,12,15-16,19-21H2,1-7H3,(H,45,47)(H,46,48)(H,49,53)/t23?,26?,33-,34+,35+,37+/m1/s1. The first-order valence-corrected chi connectivity index (χ1v) is 20.2. The number of carbonyl (C=O) groups excluding carboxylic acids is 3. The molecule has 1 aliphatic carbocycles. The number of alkyl carbamates (subject to hydrolysis) is 1. The van der Waals surface area contributed by atoms with Crippen molar-refractivity contribution < 1.29 is 33.3 Å². The van der Waals surface area contributed by atoms with Gasteiger partial charge in [-0.15, -0.1) is 0 Å². The number of aromatic nitrogens is 4. The Kier molecular flexibility index (Phi) is 9.37. The highest BCUT2D eigenvalue weighted by atomic mass is 16.6. The van der Waals surface area contributed by atoms with Crippen molar-refractivity contribution in [3.63, 3.8) is 0 Å². The maximum Gasteiger partial charge on any atom is 0.410 e. The molecule has 0 radical (unpaired) electrons. The van der Waals surface area contributed by atoms with Crippen LogP contribution in [0.3, 0.4) is 0 Å². The Morgan fingerprint density at radius 3 is 2.57 bits per heavy atom. The molecule has 1 saturated carbocycles. The highest BCUT2D eigenvalue weighted by Gasteiger charge is 2.56. The zero-order valence-electron chi connectivity index (χ0n) is 34.0. The molecular weight excluding hydrogens is 739 g/mol. The van der Waals surface area contributed by atoms with E-state index in [2.05, 4.69) is 51.7 Å². The first-order chi connectivity index (χ1) is 27.8. The summed E-state index contributed by atoms with van der Waals surface area (Å²) in [6.07, 6.45) is 3.39. The van der Waals surface area contributed by atoms with Gasteiger partial charge in [0.1, 0.15) is 35.6 Å². The molecule has 58 heavy (non-hydrogen) atoms. The predicted molar refractivity (Wildman–Crippen MR) is 217 cm³/mol. The minimum absolute atomic E-state index is 0.103. The smallest absolute Gasteiger partial charge is 0.410 e. The summed E-state index contributed by atoms with van der Waals surface area (Å²) in [6.45, 7) is 11.0. The number of methoxy groups -OCH3 is 2. The van der Waals surface area contributed by atoms with Crippen LogP contribution in [-0.4, -0.2) is 92.9 Å². The Balaban J connectivity index is 0.973. The maximum absolute atomic E-state index is 13.9. The van der Waals surface area contributed by atoms with Crippen LogP contribution >= 0.6 is 0 Å². The van der Waals surface area contributed by atoms with E-state index < -0.39 is 17.7 Å². The van der Waals surface area contributed by atoms with Crippen LogP contribution < -0.4 is 10.1 Å². The van der Waals surface area contributed by atoms with Gasteiger partial charge in [-0.25, -0.2) is 19.6 Å². The summed E-state index contributed by atoms with van der Waals surface area (Å²) in [4.78, 5) is 60.0. The van der Waals surface area contributed by atoms with Crippen molar-refractivity contribution in [1.29, 1.82) is 0 Å². The van der Waals surface area contributed by atoms with Gasteiger partial charge >= 0.3 is 12.2 Å². The molecule has 0 bridgehead atoms. The first kappa shape index (κ1) is 37.9. The topological polar surface area (TPSA) is 164 Å². The molecule has 6 atom stereocenters. The number of hydrogen-bond acceptors (Lipinski definition) is 9. The molecule has 14 nitrogen and oxygen atoms in total. The van der Waals surface area contributed by atoms with Crippen LogP contribution in [0.15, 0.2) is 48.7 Å². The van der Waals surface area contributed by atoms with Gasteiger partial charge in [0.25, 0.3) is 0 Å². The monoisotopic (exact) mass is 789 g/mol. The van der Waals surface area contributed by atoms with Gasteiger partial charge in [-0.1, -0.05) is 32.0 Å². The third kappa shape index (κ3) is 6.80. The Morgan fingerprint density at radius 1 is 0.983 bits per heavy atom. The summed E-state index contributed by atoms with van der Waals surface area (Å²) in [5.41, 5.74) is 6.11. The van der Waals surface area contributed by atoms with Crippen molar-refractivity contribution in [3.8, 4) is 28.1 Å². The lowest BCUT2D eigenvalue weighted by molar-refractivity contribution is -0.136. The molecule has 304 valence electrons. The molecule has 14 heteroatoms. The third-order valence-corrected chi connectivity index (χ3v) is 12.1. The zero-order chi connectivity index (χ0) is 40.6. The van der Waals surface area contributed by atoms with Crippen LogP contribution in [0.4, 0.5) is 9.59 Å². The molecule has 5 heterocycles. The van der Waals surface area contributed by atoms with E-state index in [9.17, 15) is 14.4 Å². The zero-order valence-corrected chi connectivity index (χ0v) is 34.0. The number of rotatable bonds is 8. The van der Waals surface area contributed by atoms with Crippen molar-refractivity contribution in [2.75, 3.05) is 27.4 Å². The summed E-state index contributed by atoms with van der Waals surface area (Å²) in [7, 11) is 2.99. The van der Waals surface area contributed by atoms with Gasteiger partial charge in [0.2, 0.25) is 5.91 Å². The molecule has 3 amide bonds. The number of nitrogens with one attached hydrogen (secondary N) is 3. The fourth-order valence-electron chi connectivity index (χ4n) is 9.22. The van der Waals surface area contributed by atoms with E-state index >= 15 is 0 Å². The summed E-state index contributed by atoms with van der Waals surface area (Å²) >= 11 is 0. The molecule has 3 aliphatic heterocycles. The Labute approximate surface area is 337 Å². The fourth-order valence-corrected chi connectivity index (χ4v) is 9.22. The first-order valence-electron chi connectivity index (χ1n) is 20.2. The number of H-pyrrole nitrogens is 2. The highest BCUT2D eigenvalue weighted by molar-refractivity contribution is 6.07. The SMILES string of the molecule is COCC1C[C@@H](c2nc3c(ccc4cc5c(cc43)OCc3cc(-c4cnc([C@@H]6CC7C[C@H]7N6C(=O)[C@@H](NC(=O)OC)C(C)C)[nH]4)ccc3-5)[nH]2)N(C(=O)OC(C)(C)C)C1. The number of benzene rings is 3. The molecular formula is C44H51N7O7. The molecule has 0 spiro atoms. The van der Waals surface area contributed by atoms with Crippen molar-refractivity contribution in [2.45, 2.75) is 90.3 Å². The number of aromatic amines is 2. The largest absolute Gasteiger partial charge is 0.488 e. The van der Waals surface area contributed by atoms with E-state index in [1.54, 1.807) is 12.0 Å². The lowest BCUT2D eigenvalue weighted by atomic mass is 9.92. The van der Waals surface area contributed by atoms with Crippen LogP contribution in [0.1, 0.15) is 83.2 Å². The van der Waals surface area contributed by atoms with Crippen molar-refractivity contribution >= 4 is 39.9 Å². The minimum atomic E-state index is -0.685. The Bertz CT molecular complexity index is 2430. The second-order valence-electron chi connectivity index (χ2n) is 17.6. The number of nitrogens with zero attached hydrogens (tertiary/aromatic N) is 4. The van der Waals surface area contributed by atoms with Gasteiger partial charge in [-0.2, -0.15) is 0 Å². The second kappa shape index (κ2) is 14.3. The fraction of sp³-hybridized carbons (Fsp3) is 0.477. The number of imidazole rings is 2. The quantitative estimate of drug-likeness (QED) is 0.143. The molecule has 9 rings (SSSR count). The van der Waals surface area contributed by atoms with Gasteiger partial charge in [0.15, 0.2) is 0 Å². The van der Waals surface area contributed by atoms with Gasteiger partial charge in [-0.3, -0.25) is 9.69 Å². The maximum atomic E-state index is 13.9. The van der Waals surface area contributed by atoms with Gasteiger partial charge in [0.05, 0.1) is 48.7 Å². The van der Waals surface area contributed by atoms with Gasteiger partial charge < -0.3 is 39.1 Å². The number of fused-ring (bicyclic) bond motifs is 7. The average Bonchev–Trinajstić information content (AvgIpc) is 3.66. The number of carbonyl (C=O) groups is 3. The van der Waals surface area contributed by atoms with Crippen molar-refractivity contribution in [2.24, 2.45) is 17.8 Å². The summed E-state index contributed by atoms with van der Waals surface area (Å²) in [5, 5.41) is 4.75. The summed E-state index contributed by atoms with van der Waals surface area (Å²) < 4.78 is 22.5. The van der Waals surface area contributed by atoms with E-state index in [0.29, 0.717) is 25.7 Å². The number of ether oxygens (including phenoxy) is 4. The van der Waals surface area contributed by atoms with E-state index in [-0.39, 0.29) is 42.0 Å². The average molecular weight is 790 g/mol. The second-order valence-corrected chi connectivity index (χ2v) is 17.6. The van der Waals surface area contributed by atoms with Crippen LogP contribution in [0.25, 0.3) is 44.2 Å². The molecule has 2 aromatic heterocycles. The summed E-state index contributed by atoms with van der Waals surface area (Å²) in [6, 6.07) is 13.8. The van der Waals surface area contributed by atoms with E-state index in [4.69, 9.17) is 28.9 Å². The van der Waals surface area contributed by atoms with Crippen LogP contribution in [0.5, 0.6) is 5.75 Å². The molecule has 3 fully saturated rings. The van der Waals surface area contributed by atoms with Crippen LogP contribution in [-0.2, 0) is 25.6 Å². The lowest BCUT2D eigenvalue weighted by Gasteiger charge is -2.31. The number of hydrogen-bond donors (Lipinski definition) is 3. The van der Waals surface area contributed by atoms with E-state index in [1.165, 1.54) is 7.11 Å². The molecule has 2 saturated heterocycles. The lowest BCUT2D eigenvalue weighted by Crippen LogP contribution is -2.52. The number of amides is 3. The molecule has 4 aliphatic rings. The van der Waals surface area contributed by atoms with E-state index in [1.807, 2.05) is 51.8 Å². The highest BCUT2D eigenvalue weighted by Crippen LogP contribution is 2.53. The van der Waals surface area contributed by atoms with Gasteiger partial charge in [-0.05, 0) is 98.2 Å². The van der Waals surface area contributed by atoms with Gasteiger partial charge in [0, 0.05) is 36.6 Å². The summed E-state index contributed by atoms with van der Waals surface area (Å²) in [5.74, 6) is 2.66. The normalized spacial score (nSPS) is 22.7. The Morgan fingerprint density at radius 2 is 1.81 bits per heavy atom.